The lowest BCUT2D eigenvalue weighted by molar-refractivity contribution is -0.136. The molecule has 3 N–H and O–H groups in total. The summed E-state index contributed by atoms with van der Waals surface area (Å²) in [6, 6.07) is 6.58. The fourth-order valence-electron chi connectivity index (χ4n) is 1.80. The lowest BCUT2D eigenvalue weighted by Crippen LogP contribution is -2.27. The molecule has 1 rings (SSSR count). The monoisotopic (exact) mass is 264 g/mol. The molecule has 0 aromatic heterocycles. The number of anilines is 1. The summed E-state index contributed by atoms with van der Waals surface area (Å²) in [4.78, 5) is 24.2. The lowest BCUT2D eigenvalue weighted by atomic mass is 10.1. The van der Waals surface area contributed by atoms with E-state index in [-0.39, 0.29) is 12.2 Å². The SMILES string of the molecule is CCN(CCC(=O)O)c1ccc(C(=O)C(C)N)cc1. The minimum Gasteiger partial charge on any atom is -0.481 e. The van der Waals surface area contributed by atoms with Crippen molar-refractivity contribution in [3.63, 3.8) is 0 Å². The molecule has 0 aliphatic carbocycles. The maximum absolute atomic E-state index is 11.7. The number of carbonyl (C=O) groups excluding carboxylic acids is 1. The van der Waals surface area contributed by atoms with E-state index in [1.807, 2.05) is 24.0 Å². The number of nitrogens with zero attached hydrogens (tertiary/aromatic N) is 1. The Bertz CT molecular complexity index is 441. The zero-order chi connectivity index (χ0) is 14.4. The largest absolute Gasteiger partial charge is 0.481 e. The van der Waals surface area contributed by atoms with E-state index >= 15 is 0 Å². The predicted molar refractivity (Wildman–Crippen MR) is 74.6 cm³/mol. The van der Waals surface area contributed by atoms with E-state index in [9.17, 15) is 9.59 Å². The van der Waals surface area contributed by atoms with Gasteiger partial charge < -0.3 is 15.7 Å². The predicted octanol–water partition coefficient (Wildman–Crippen LogP) is 1.52. The second-order valence-corrected chi connectivity index (χ2v) is 4.42. The van der Waals surface area contributed by atoms with Crippen LogP contribution in [0.25, 0.3) is 0 Å². The van der Waals surface area contributed by atoms with Gasteiger partial charge in [0.15, 0.2) is 5.78 Å². The number of carbonyl (C=O) groups is 2. The number of hydrogen-bond donors (Lipinski definition) is 2. The number of hydrogen-bond acceptors (Lipinski definition) is 4. The summed E-state index contributed by atoms with van der Waals surface area (Å²) in [5.41, 5.74) is 7.03. The summed E-state index contributed by atoms with van der Waals surface area (Å²) in [5.74, 6) is -0.915. The molecule has 1 aromatic rings. The summed E-state index contributed by atoms with van der Waals surface area (Å²) in [7, 11) is 0. The second kappa shape index (κ2) is 6.89. The van der Waals surface area contributed by atoms with Crippen LogP contribution in [0.5, 0.6) is 0 Å². The summed E-state index contributed by atoms with van der Waals surface area (Å²) < 4.78 is 0. The quantitative estimate of drug-likeness (QED) is 0.729. The van der Waals surface area contributed by atoms with Crippen molar-refractivity contribution in [1.29, 1.82) is 0 Å². The van der Waals surface area contributed by atoms with Crippen LogP contribution in [0.15, 0.2) is 24.3 Å². The minimum atomic E-state index is -0.817. The van der Waals surface area contributed by atoms with Crippen LogP contribution in [0, 0.1) is 0 Å². The summed E-state index contributed by atoms with van der Waals surface area (Å²) >= 11 is 0. The highest BCUT2D eigenvalue weighted by molar-refractivity contribution is 5.99. The Morgan fingerprint density at radius 1 is 1.32 bits per heavy atom. The molecule has 0 amide bonds. The Morgan fingerprint density at radius 3 is 2.32 bits per heavy atom. The molecule has 0 spiro atoms. The van der Waals surface area contributed by atoms with Crippen molar-refractivity contribution in [2.75, 3.05) is 18.0 Å². The maximum atomic E-state index is 11.7. The van der Waals surface area contributed by atoms with Crippen molar-refractivity contribution in [2.24, 2.45) is 5.73 Å². The number of nitrogens with two attached hydrogens (primary N) is 1. The average Bonchev–Trinajstić information content (AvgIpc) is 2.39. The van der Waals surface area contributed by atoms with Crippen molar-refractivity contribution in [1.82, 2.24) is 0 Å². The standard InChI is InChI=1S/C14H20N2O3/c1-3-16(9-8-13(17)18)12-6-4-11(5-7-12)14(19)10(2)15/h4-7,10H,3,8-9,15H2,1-2H3,(H,17,18). The van der Waals surface area contributed by atoms with Crippen LogP contribution in [-0.4, -0.2) is 36.0 Å². The average molecular weight is 264 g/mol. The number of carboxylic acids is 1. The highest BCUT2D eigenvalue weighted by Gasteiger charge is 2.12. The van der Waals surface area contributed by atoms with Gasteiger partial charge in [0.25, 0.3) is 0 Å². The molecule has 0 heterocycles. The molecule has 5 heteroatoms. The third-order valence-corrected chi connectivity index (χ3v) is 2.91. The van der Waals surface area contributed by atoms with Gasteiger partial charge in [-0.25, -0.2) is 0 Å². The molecule has 5 nitrogen and oxygen atoms in total. The second-order valence-electron chi connectivity index (χ2n) is 4.42. The third-order valence-electron chi connectivity index (χ3n) is 2.91. The van der Waals surface area contributed by atoms with Crippen molar-refractivity contribution in [3.8, 4) is 0 Å². The van der Waals surface area contributed by atoms with Gasteiger partial charge in [-0.15, -0.1) is 0 Å². The highest BCUT2D eigenvalue weighted by Crippen LogP contribution is 2.16. The molecule has 0 bridgehead atoms. The maximum Gasteiger partial charge on any atom is 0.305 e. The Balaban J connectivity index is 2.78. The summed E-state index contributed by atoms with van der Waals surface area (Å²) in [6.45, 7) is 4.78. The number of Topliss-reactive ketones (excluding diaryl/α,β-unsaturated/α-hetero) is 1. The molecule has 0 fully saturated rings. The van der Waals surface area contributed by atoms with Gasteiger partial charge in [-0.3, -0.25) is 9.59 Å². The molecular weight excluding hydrogens is 244 g/mol. The zero-order valence-electron chi connectivity index (χ0n) is 11.3. The van der Waals surface area contributed by atoms with Crippen LogP contribution in [0.2, 0.25) is 0 Å². The number of ketones is 1. The van der Waals surface area contributed by atoms with Gasteiger partial charge in [0.1, 0.15) is 0 Å². The molecule has 0 radical (unpaired) electrons. The van der Waals surface area contributed by atoms with Crippen LogP contribution >= 0.6 is 0 Å². The molecule has 0 saturated carbocycles. The molecule has 0 saturated heterocycles. The van der Waals surface area contributed by atoms with Crippen molar-refractivity contribution in [3.05, 3.63) is 29.8 Å². The molecule has 0 aliphatic heterocycles. The highest BCUT2D eigenvalue weighted by atomic mass is 16.4. The van der Waals surface area contributed by atoms with Gasteiger partial charge in [0, 0.05) is 24.3 Å². The number of carboxylic acid groups (broad SMARTS) is 1. The van der Waals surface area contributed by atoms with Crippen LogP contribution < -0.4 is 10.6 Å². The van der Waals surface area contributed by atoms with Crippen LogP contribution in [0.1, 0.15) is 30.6 Å². The number of benzene rings is 1. The summed E-state index contributed by atoms with van der Waals surface area (Å²) in [5, 5.41) is 8.70. The van der Waals surface area contributed by atoms with E-state index in [1.165, 1.54) is 0 Å². The van der Waals surface area contributed by atoms with Crippen molar-refractivity contribution >= 4 is 17.4 Å². The first-order chi connectivity index (χ1) is 8.95. The summed E-state index contributed by atoms with van der Waals surface area (Å²) in [6.07, 6.45) is 0.0916. The first-order valence-corrected chi connectivity index (χ1v) is 6.32. The Labute approximate surface area is 113 Å². The molecule has 1 aromatic carbocycles. The third kappa shape index (κ3) is 4.37. The van der Waals surface area contributed by atoms with Gasteiger partial charge in [0.05, 0.1) is 12.5 Å². The molecule has 1 unspecified atom stereocenters. The van der Waals surface area contributed by atoms with Gasteiger partial charge in [0.2, 0.25) is 0 Å². The van der Waals surface area contributed by atoms with E-state index in [2.05, 4.69) is 0 Å². The Morgan fingerprint density at radius 2 is 1.89 bits per heavy atom. The minimum absolute atomic E-state index is 0.0916. The van der Waals surface area contributed by atoms with E-state index in [0.717, 1.165) is 5.69 Å². The molecule has 19 heavy (non-hydrogen) atoms. The Hall–Kier alpha value is -1.88. The topological polar surface area (TPSA) is 83.6 Å². The van der Waals surface area contributed by atoms with Crippen molar-refractivity contribution in [2.45, 2.75) is 26.3 Å². The van der Waals surface area contributed by atoms with Crippen LogP contribution in [0.3, 0.4) is 0 Å². The zero-order valence-corrected chi connectivity index (χ0v) is 11.3. The van der Waals surface area contributed by atoms with E-state index in [1.54, 1.807) is 19.1 Å². The number of aliphatic carboxylic acids is 1. The van der Waals surface area contributed by atoms with Gasteiger partial charge in [-0.1, -0.05) is 0 Å². The van der Waals surface area contributed by atoms with E-state index in [0.29, 0.717) is 18.7 Å². The van der Waals surface area contributed by atoms with Gasteiger partial charge in [-0.05, 0) is 38.1 Å². The molecular formula is C14H20N2O3. The normalized spacial score (nSPS) is 11.9. The first-order valence-electron chi connectivity index (χ1n) is 6.32. The van der Waals surface area contributed by atoms with E-state index < -0.39 is 12.0 Å². The Kier molecular flexibility index (Phi) is 5.51. The first kappa shape index (κ1) is 15.2. The molecule has 104 valence electrons. The molecule has 0 aliphatic rings. The van der Waals surface area contributed by atoms with Gasteiger partial charge >= 0.3 is 5.97 Å². The van der Waals surface area contributed by atoms with Crippen LogP contribution in [-0.2, 0) is 4.79 Å². The smallest absolute Gasteiger partial charge is 0.305 e. The lowest BCUT2D eigenvalue weighted by Gasteiger charge is -2.22. The fourth-order valence-corrected chi connectivity index (χ4v) is 1.80. The molecule has 1 atom stereocenters. The van der Waals surface area contributed by atoms with E-state index in [4.69, 9.17) is 10.8 Å². The van der Waals surface area contributed by atoms with Gasteiger partial charge in [-0.2, -0.15) is 0 Å². The van der Waals surface area contributed by atoms with Crippen molar-refractivity contribution < 1.29 is 14.7 Å². The van der Waals surface area contributed by atoms with Crippen LogP contribution in [0.4, 0.5) is 5.69 Å². The fraction of sp³-hybridized carbons (Fsp3) is 0.429. The number of rotatable bonds is 7.